The largest absolute Gasteiger partial charge is 0.492 e. The number of benzene rings is 2. The van der Waals surface area contributed by atoms with Gasteiger partial charge in [0.25, 0.3) is 5.91 Å². The molecule has 26 heavy (non-hydrogen) atoms. The first-order chi connectivity index (χ1) is 12.5. The van der Waals surface area contributed by atoms with Gasteiger partial charge in [-0.15, -0.1) is 0 Å². The molecule has 1 aromatic heterocycles. The summed E-state index contributed by atoms with van der Waals surface area (Å²) in [5.41, 5.74) is 0.796. The molecule has 132 valence electrons. The number of hydrogen-bond donors (Lipinski definition) is 0. The standard InChI is InChI=1S/C19H13Cl2NO4/c1-2-25-15-8-10(20)6-7-14(15)22-9-12-16(23)11-4-3-5-13(21)17(11)26-18(12)19(22)24/h3-8H,2,9H2,1H3. The van der Waals surface area contributed by atoms with Crippen molar-refractivity contribution in [1.82, 2.24) is 0 Å². The minimum absolute atomic E-state index is 0.00741. The Balaban J connectivity index is 1.87. The van der Waals surface area contributed by atoms with Crippen molar-refractivity contribution in [1.29, 1.82) is 0 Å². The second kappa shape index (κ2) is 6.34. The van der Waals surface area contributed by atoms with Crippen LogP contribution in [0.5, 0.6) is 5.75 Å². The molecule has 0 N–H and O–H groups in total. The minimum atomic E-state index is -0.415. The molecule has 7 heteroatoms. The highest BCUT2D eigenvalue weighted by Gasteiger charge is 2.36. The molecular formula is C19H13Cl2NO4. The molecule has 4 rings (SSSR count). The summed E-state index contributed by atoms with van der Waals surface area (Å²) >= 11 is 12.2. The van der Waals surface area contributed by atoms with Crippen LogP contribution < -0.4 is 15.1 Å². The minimum Gasteiger partial charge on any atom is -0.492 e. The van der Waals surface area contributed by atoms with Crippen molar-refractivity contribution in [3.8, 4) is 5.75 Å². The third-order valence-corrected chi connectivity index (χ3v) is 4.76. The van der Waals surface area contributed by atoms with E-state index in [0.717, 1.165) is 0 Å². The van der Waals surface area contributed by atoms with E-state index in [1.54, 1.807) is 36.4 Å². The number of carbonyl (C=O) groups excluding carboxylic acids is 1. The first-order valence-corrected chi connectivity index (χ1v) is 8.75. The summed E-state index contributed by atoms with van der Waals surface area (Å²) in [5.74, 6) is 0.0615. The monoisotopic (exact) mass is 389 g/mol. The van der Waals surface area contributed by atoms with Crippen LogP contribution in [0.2, 0.25) is 10.0 Å². The van der Waals surface area contributed by atoms with Crippen molar-refractivity contribution in [3.05, 3.63) is 68.0 Å². The van der Waals surface area contributed by atoms with E-state index in [1.807, 2.05) is 6.92 Å². The summed E-state index contributed by atoms with van der Waals surface area (Å²) in [5, 5.41) is 1.13. The number of para-hydroxylation sites is 1. The van der Waals surface area contributed by atoms with Crippen molar-refractivity contribution in [2.24, 2.45) is 0 Å². The quantitative estimate of drug-likeness (QED) is 0.653. The Morgan fingerprint density at radius 1 is 1.19 bits per heavy atom. The number of halogens is 2. The molecular weight excluding hydrogens is 377 g/mol. The topological polar surface area (TPSA) is 59.8 Å². The fourth-order valence-corrected chi connectivity index (χ4v) is 3.44. The van der Waals surface area contributed by atoms with Gasteiger partial charge in [0.15, 0.2) is 11.0 Å². The van der Waals surface area contributed by atoms with Crippen molar-refractivity contribution in [2.75, 3.05) is 11.5 Å². The second-order valence-electron chi connectivity index (χ2n) is 5.79. The van der Waals surface area contributed by atoms with Gasteiger partial charge < -0.3 is 9.15 Å². The SMILES string of the molecule is CCOc1cc(Cl)ccc1N1Cc2c(oc3c(Cl)cccc3c2=O)C1=O. The van der Waals surface area contributed by atoms with Gasteiger partial charge in [0.2, 0.25) is 5.76 Å². The molecule has 0 saturated heterocycles. The zero-order chi connectivity index (χ0) is 18.4. The van der Waals surface area contributed by atoms with Gasteiger partial charge in [0.1, 0.15) is 5.75 Å². The number of amides is 1. The number of carbonyl (C=O) groups is 1. The molecule has 0 radical (unpaired) electrons. The molecule has 0 saturated carbocycles. The fourth-order valence-electron chi connectivity index (χ4n) is 3.07. The van der Waals surface area contributed by atoms with E-state index in [4.69, 9.17) is 32.4 Å². The molecule has 0 bridgehead atoms. The van der Waals surface area contributed by atoms with Gasteiger partial charge in [0.05, 0.1) is 34.8 Å². The van der Waals surface area contributed by atoms with Gasteiger partial charge in [-0.2, -0.15) is 0 Å². The van der Waals surface area contributed by atoms with Gasteiger partial charge in [0, 0.05) is 11.1 Å². The lowest BCUT2D eigenvalue weighted by Crippen LogP contribution is -2.24. The van der Waals surface area contributed by atoms with E-state index in [0.29, 0.717) is 34.0 Å². The van der Waals surface area contributed by atoms with Crippen molar-refractivity contribution >= 4 is 45.8 Å². The number of fused-ring (bicyclic) bond motifs is 2. The third kappa shape index (κ3) is 2.55. The van der Waals surface area contributed by atoms with Crippen molar-refractivity contribution < 1.29 is 13.9 Å². The Bertz CT molecular complexity index is 1110. The molecule has 2 aromatic carbocycles. The lowest BCUT2D eigenvalue weighted by Gasteiger charge is -2.19. The zero-order valence-corrected chi connectivity index (χ0v) is 15.2. The van der Waals surface area contributed by atoms with Crippen molar-refractivity contribution in [2.45, 2.75) is 13.5 Å². The van der Waals surface area contributed by atoms with Crippen molar-refractivity contribution in [3.63, 3.8) is 0 Å². The van der Waals surface area contributed by atoms with Crippen LogP contribution in [-0.4, -0.2) is 12.5 Å². The Kier molecular flexibility index (Phi) is 4.13. The lowest BCUT2D eigenvalue weighted by molar-refractivity contribution is 0.0973. The van der Waals surface area contributed by atoms with E-state index < -0.39 is 5.91 Å². The van der Waals surface area contributed by atoms with Crippen LogP contribution in [0.4, 0.5) is 5.69 Å². The summed E-state index contributed by atoms with van der Waals surface area (Å²) in [6.07, 6.45) is 0. The van der Waals surface area contributed by atoms with Crippen LogP contribution >= 0.6 is 23.2 Å². The highest BCUT2D eigenvalue weighted by Crippen LogP contribution is 2.37. The predicted octanol–water partition coefficient (Wildman–Crippen LogP) is 4.66. The molecule has 3 aromatic rings. The molecule has 1 aliphatic heterocycles. The number of ether oxygens (including phenoxy) is 1. The summed E-state index contributed by atoms with van der Waals surface area (Å²) < 4.78 is 11.3. The number of hydrogen-bond acceptors (Lipinski definition) is 4. The molecule has 0 unspecified atom stereocenters. The van der Waals surface area contributed by atoms with E-state index in [2.05, 4.69) is 0 Å². The van der Waals surface area contributed by atoms with Crippen LogP contribution in [-0.2, 0) is 6.54 Å². The van der Waals surface area contributed by atoms with E-state index in [1.165, 1.54) is 4.90 Å². The predicted molar refractivity (Wildman–Crippen MR) is 101 cm³/mol. The Hall–Kier alpha value is -2.50. The van der Waals surface area contributed by atoms with Crippen LogP contribution in [0.15, 0.2) is 45.6 Å². The Labute approximate surface area is 158 Å². The summed E-state index contributed by atoms with van der Waals surface area (Å²) in [6, 6.07) is 9.91. The van der Waals surface area contributed by atoms with Gasteiger partial charge >= 0.3 is 0 Å². The van der Waals surface area contributed by atoms with Gasteiger partial charge in [-0.25, -0.2) is 0 Å². The van der Waals surface area contributed by atoms with Crippen LogP contribution in [0, 0.1) is 0 Å². The number of anilines is 1. The van der Waals surface area contributed by atoms with Crippen LogP contribution in [0.3, 0.4) is 0 Å². The smallest absolute Gasteiger partial charge is 0.294 e. The molecule has 0 aliphatic carbocycles. The first kappa shape index (κ1) is 16.9. The van der Waals surface area contributed by atoms with Crippen LogP contribution in [0.1, 0.15) is 23.0 Å². The number of nitrogens with zero attached hydrogens (tertiary/aromatic N) is 1. The highest BCUT2D eigenvalue weighted by atomic mass is 35.5. The normalized spacial score (nSPS) is 13.3. The average molecular weight is 390 g/mol. The van der Waals surface area contributed by atoms with E-state index in [-0.39, 0.29) is 28.3 Å². The molecule has 0 fully saturated rings. The summed E-state index contributed by atoms with van der Waals surface area (Å²) in [4.78, 5) is 27.2. The lowest BCUT2D eigenvalue weighted by atomic mass is 10.1. The highest BCUT2D eigenvalue weighted by molar-refractivity contribution is 6.34. The van der Waals surface area contributed by atoms with E-state index >= 15 is 0 Å². The molecule has 1 amide bonds. The fraction of sp³-hybridized carbons (Fsp3) is 0.158. The molecule has 2 heterocycles. The second-order valence-corrected chi connectivity index (χ2v) is 6.64. The van der Waals surface area contributed by atoms with Gasteiger partial charge in [-0.1, -0.05) is 29.3 Å². The first-order valence-electron chi connectivity index (χ1n) is 7.99. The maximum atomic E-state index is 12.9. The summed E-state index contributed by atoms with van der Waals surface area (Å²) in [7, 11) is 0. The zero-order valence-electron chi connectivity index (χ0n) is 13.7. The average Bonchev–Trinajstić information content (AvgIpc) is 2.94. The summed E-state index contributed by atoms with van der Waals surface area (Å²) in [6.45, 7) is 2.35. The molecule has 1 aliphatic rings. The molecule has 0 atom stereocenters. The van der Waals surface area contributed by atoms with Crippen LogP contribution in [0.25, 0.3) is 11.0 Å². The number of rotatable bonds is 3. The molecule has 5 nitrogen and oxygen atoms in total. The van der Waals surface area contributed by atoms with E-state index in [9.17, 15) is 9.59 Å². The van der Waals surface area contributed by atoms with Gasteiger partial charge in [-0.05, 0) is 31.2 Å². The maximum absolute atomic E-state index is 12.9. The Morgan fingerprint density at radius 2 is 2.00 bits per heavy atom. The molecule has 0 spiro atoms. The third-order valence-electron chi connectivity index (χ3n) is 4.23. The Morgan fingerprint density at radius 3 is 2.77 bits per heavy atom. The van der Waals surface area contributed by atoms with Gasteiger partial charge in [-0.3, -0.25) is 14.5 Å². The maximum Gasteiger partial charge on any atom is 0.294 e.